The summed E-state index contributed by atoms with van der Waals surface area (Å²) in [5.74, 6) is -0.478. The highest BCUT2D eigenvalue weighted by atomic mass is 16.6. The maximum atomic E-state index is 12.5. The number of ether oxygens (including phenoxy) is 2. The normalized spacial score (nSPS) is 10.9. The van der Waals surface area contributed by atoms with E-state index in [9.17, 15) is 4.79 Å². The van der Waals surface area contributed by atoms with E-state index >= 15 is 0 Å². The summed E-state index contributed by atoms with van der Waals surface area (Å²) in [7, 11) is 0. The van der Waals surface area contributed by atoms with Gasteiger partial charge in [0.25, 0.3) is 0 Å². The van der Waals surface area contributed by atoms with Crippen molar-refractivity contribution in [2.75, 3.05) is 13.2 Å². The largest absolute Gasteiger partial charge is 0.446 e. The Labute approximate surface area is 143 Å². The Hall–Kier alpha value is -2.65. The third kappa shape index (κ3) is 4.21. The van der Waals surface area contributed by atoms with Crippen LogP contribution >= 0.6 is 0 Å². The van der Waals surface area contributed by atoms with Crippen LogP contribution in [0.4, 0.5) is 0 Å². The highest BCUT2D eigenvalue weighted by molar-refractivity contribution is 5.88. The summed E-state index contributed by atoms with van der Waals surface area (Å²) < 4.78 is 11.1. The summed E-state index contributed by atoms with van der Waals surface area (Å²) in [5.41, 5.74) is 1.16. The lowest BCUT2D eigenvalue weighted by Crippen LogP contribution is -2.31. The number of carbonyl (C=O) groups is 1. The molecule has 0 aromatic heterocycles. The Morgan fingerprint density at radius 2 is 1.54 bits per heavy atom. The standard InChI is InChI=1S/C21H22O3/c1-4-15-23-16-17(2)20(22)24-21(3,18-11-7-5-8-12-18)19-13-9-6-10-14-19/h4-14H,1-2,15-16H2,3H3. The lowest BCUT2D eigenvalue weighted by molar-refractivity contribution is -0.151. The minimum Gasteiger partial charge on any atom is -0.446 e. The fraction of sp³-hybridized carbons (Fsp3) is 0.190. The molecule has 0 aliphatic carbocycles. The smallest absolute Gasteiger partial charge is 0.336 e. The first kappa shape index (κ1) is 17.7. The second kappa shape index (κ2) is 8.27. The Morgan fingerprint density at radius 3 is 2.00 bits per heavy atom. The maximum absolute atomic E-state index is 12.5. The fourth-order valence-electron chi connectivity index (χ4n) is 2.38. The summed E-state index contributed by atoms with van der Waals surface area (Å²) in [5, 5.41) is 0. The molecule has 3 heteroatoms. The predicted octanol–water partition coefficient (Wildman–Crippen LogP) is 4.25. The molecule has 124 valence electrons. The summed E-state index contributed by atoms with van der Waals surface area (Å²) in [6, 6.07) is 19.3. The van der Waals surface area contributed by atoms with Gasteiger partial charge in [-0.25, -0.2) is 4.79 Å². The molecule has 0 saturated heterocycles. The summed E-state index contributed by atoms with van der Waals surface area (Å²) >= 11 is 0. The molecule has 0 amide bonds. The first-order valence-electron chi connectivity index (χ1n) is 7.78. The van der Waals surface area contributed by atoms with Gasteiger partial charge in [-0.05, 0) is 18.1 Å². The molecule has 0 unspecified atom stereocenters. The van der Waals surface area contributed by atoms with Crippen LogP contribution in [-0.2, 0) is 19.9 Å². The third-order valence-electron chi connectivity index (χ3n) is 3.75. The van der Waals surface area contributed by atoms with Crippen LogP contribution in [0.1, 0.15) is 18.1 Å². The van der Waals surface area contributed by atoms with Crippen LogP contribution in [0.2, 0.25) is 0 Å². The monoisotopic (exact) mass is 322 g/mol. The van der Waals surface area contributed by atoms with Crippen LogP contribution in [0.3, 0.4) is 0 Å². The van der Waals surface area contributed by atoms with Crippen LogP contribution in [0, 0.1) is 0 Å². The molecule has 2 aromatic carbocycles. The van der Waals surface area contributed by atoms with Crippen molar-refractivity contribution in [3.8, 4) is 0 Å². The summed E-state index contributed by atoms with van der Waals surface area (Å²) in [4.78, 5) is 12.5. The molecule has 3 nitrogen and oxygen atoms in total. The van der Waals surface area contributed by atoms with E-state index in [1.54, 1.807) is 6.08 Å². The molecule has 0 heterocycles. The quantitative estimate of drug-likeness (QED) is 0.315. The van der Waals surface area contributed by atoms with Gasteiger partial charge in [0, 0.05) is 0 Å². The van der Waals surface area contributed by atoms with Crippen LogP contribution in [0.25, 0.3) is 0 Å². The van der Waals surface area contributed by atoms with Gasteiger partial charge in [0.15, 0.2) is 5.60 Å². The molecule has 0 saturated carbocycles. The van der Waals surface area contributed by atoms with Gasteiger partial charge in [0.1, 0.15) is 0 Å². The van der Waals surface area contributed by atoms with E-state index in [2.05, 4.69) is 13.2 Å². The highest BCUT2D eigenvalue weighted by Gasteiger charge is 2.33. The van der Waals surface area contributed by atoms with E-state index < -0.39 is 11.6 Å². The molecule has 0 N–H and O–H groups in total. The zero-order valence-electron chi connectivity index (χ0n) is 13.9. The van der Waals surface area contributed by atoms with Gasteiger partial charge in [-0.1, -0.05) is 73.3 Å². The van der Waals surface area contributed by atoms with E-state index in [4.69, 9.17) is 9.47 Å². The van der Waals surface area contributed by atoms with E-state index in [1.165, 1.54) is 0 Å². The Kier molecular flexibility index (Phi) is 6.10. The van der Waals surface area contributed by atoms with Gasteiger partial charge < -0.3 is 9.47 Å². The summed E-state index contributed by atoms with van der Waals surface area (Å²) in [6.07, 6.45) is 1.62. The molecular weight excluding hydrogens is 300 g/mol. The number of carbonyl (C=O) groups excluding carboxylic acids is 1. The van der Waals surface area contributed by atoms with Gasteiger partial charge >= 0.3 is 5.97 Å². The maximum Gasteiger partial charge on any atom is 0.336 e. The van der Waals surface area contributed by atoms with Crippen molar-refractivity contribution in [2.45, 2.75) is 12.5 Å². The van der Waals surface area contributed by atoms with E-state index in [-0.39, 0.29) is 12.2 Å². The average molecular weight is 322 g/mol. The molecule has 0 fully saturated rings. The topological polar surface area (TPSA) is 35.5 Å². The van der Waals surface area contributed by atoms with Crippen molar-refractivity contribution in [3.63, 3.8) is 0 Å². The number of rotatable bonds is 8. The fourth-order valence-corrected chi connectivity index (χ4v) is 2.38. The molecule has 0 atom stereocenters. The number of hydrogen-bond donors (Lipinski definition) is 0. The van der Waals surface area contributed by atoms with Crippen molar-refractivity contribution in [1.82, 2.24) is 0 Å². The number of esters is 1. The molecule has 0 aliphatic rings. The van der Waals surface area contributed by atoms with Crippen molar-refractivity contribution in [2.24, 2.45) is 0 Å². The van der Waals surface area contributed by atoms with Crippen LogP contribution in [-0.4, -0.2) is 19.2 Å². The van der Waals surface area contributed by atoms with Gasteiger partial charge in [-0.2, -0.15) is 0 Å². The van der Waals surface area contributed by atoms with E-state index in [0.29, 0.717) is 6.61 Å². The predicted molar refractivity (Wildman–Crippen MR) is 95.6 cm³/mol. The molecule has 0 radical (unpaired) electrons. The van der Waals surface area contributed by atoms with Crippen molar-refractivity contribution < 1.29 is 14.3 Å². The average Bonchev–Trinajstić information content (AvgIpc) is 2.63. The third-order valence-corrected chi connectivity index (χ3v) is 3.75. The van der Waals surface area contributed by atoms with E-state index in [0.717, 1.165) is 11.1 Å². The molecule has 2 aromatic rings. The zero-order chi connectivity index (χ0) is 17.4. The zero-order valence-corrected chi connectivity index (χ0v) is 13.9. The first-order valence-corrected chi connectivity index (χ1v) is 7.78. The number of benzene rings is 2. The van der Waals surface area contributed by atoms with Crippen LogP contribution in [0.5, 0.6) is 0 Å². The first-order chi connectivity index (χ1) is 11.6. The molecular formula is C21H22O3. The molecule has 2 rings (SSSR count). The molecule has 0 aliphatic heterocycles. The second-order valence-electron chi connectivity index (χ2n) is 5.56. The lowest BCUT2D eigenvalue weighted by atomic mass is 9.88. The molecule has 0 spiro atoms. The van der Waals surface area contributed by atoms with Gasteiger partial charge in [0.2, 0.25) is 0 Å². The van der Waals surface area contributed by atoms with Crippen LogP contribution < -0.4 is 0 Å². The lowest BCUT2D eigenvalue weighted by Gasteiger charge is -2.31. The van der Waals surface area contributed by atoms with Gasteiger partial charge in [0.05, 0.1) is 18.8 Å². The summed E-state index contributed by atoms with van der Waals surface area (Å²) in [6.45, 7) is 9.69. The van der Waals surface area contributed by atoms with Gasteiger partial charge in [-0.15, -0.1) is 6.58 Å². The minimum absolute atomic E-state index is 0.116. The van der Waals surface area contributed by atoms with Crippen molar-refractivity contribution >= 4 is 5.97 Å². The Morgan fingerprint density at radius 1 is 1.04 bits per heavy atom. The molecule has 24 heavy (non-hydrogen) atoms. The Balaban J connectivity index is 2.26. The van der Waals surface area contributed by atoms with Crippen molar-refractivity contribution in [3.05, 3.63) is 96.6 Å². The van der Waals surface area contributed by atoms with E-state index in [1.807, 2.05) is 67.6 Å². The second-order valence-corrected chi connectivity index (χ2v) is 5.56. The van der Waals surface area contributed by atoms with Crippen molar-refractivity contribution in [1.29, 1.82) is 0 Å². The SMILES string of the molecule is C=CCOCC(=C)C(=O)OC(C)(c1ccccc1)c1ccccc1. The van der Waals surface area contributed by atoms with Crippen LogP contribution in [0.15, 0.2) is 85.5 Å². The highest BCUT2D eigenvalue weighted by Crippen LogP contribution is 2.33. The Bertz CT molecular complexity index is 650. The molecule has 0 bridgehead atoms. The van der Waals surface area contributed by atoms with Gasteiger partial charge in [-0.3, -0.25) is 0 Å². The number of hydrogen-bond acceptors (Lipinski definition) is 3. The minimum atomic E-state index is -0.902.